The molecule has 7 heteroatoms. The highest BCUT2D eigenvalue weighted by Crippen LogP contribution is 2.28. The van der Waals surface area contributed by atoms with E-state index in [9.17, 15) is 9.18 Å². The Morgan fingerprint density at radius 2 is 2.00 bits per heavy atom. The molecule has 0 unspecified atom stereocenters. The van der Waals surface area contributed by atoms with Gasteiger partial charge in [-0.1, -0.05) is 0 Å². The molecule has 0 aliphatic carbocycles. The molecule has 1 N–H and O–H groups in total. The SMILES string of the molecule is Cc1ccn2cc(-c3cc4c(F)cc(N5CCNCC5)cc4oc3=O)nc2c1. The summed E-state index contributed by atoms with van der Waals surface area (Å²) in [7, 11) is 0. The van der Waals surface area contributed by atoms with E-state index in [0.717, 1.165) is 43.1 Å². The molecule has 0 spiro atoms. The molecule has 1 aliphatic rings. The molecule has 0 saturated carbocycles. The van der Waals surface area contributed by atoms with Crippen molar-refractivity contribution in [3.63, 3.8) is 0 Å². The van der Waals surface area contributed by atoms with Crippen molar-refractivity contribution >= 4 is 22.3 Å². The fraction of sp³-hybridized carbons (Fsp3) is 0.238. The summed E-state index contributed by atoms with van der Waals surface area (Å²) >= 11 is 0. The minimum absolute atomic E-state index is 0.252. The van der Waals surface area contributed by atoms with E-state index in [1.807, 2.05) is 29.7 Å². The molecular weight excluding hydrogens is 359 g/mol. The zero-order chi connectivity index (χ0) is 19.3. The first-order chi connectivity index (χ1) is 13.6. The Bertz CT molecular complexity index is 1250. The van der Waals surface area contributed by atoms with Crippen LogP contribution in [0.15, 0.2) is 51.9 Å². The van der Waals surface area contributed by atoms with Gasteiger partial charge in [-0.25, -0.2) is 14.2 Å². The van der Waals surface area contributed by atoms with E-state index in [1.54, 1.807) is 12.3 Å². The monoisotopic (exact) mass is 378 g/mol. The van der Waals surface area contributed by atoms with Crippen molar-refractivity contribution in [2.75, 3.05) is 31.1 Å². The van der Waals surface area contributed by atoms with Crippen molar-refractivity contribution in [2.45, 2.75) is 6.92 Å². The van der Waals surface area contributed by atoms with Crippen molar-refractivity contribution in [3.8, 4) is 11.3 Å². The molecule has 0 radical (unpaired) electrons. The maximum Gasteiger partial charge on any atom is 0.345 e. The maximum atomic E-state index is 14.9. The van der Waals surface area contributed by atoms with Crippen LogP contribution in [0.25, 0.3) is 27.9 Å². The minimum Gasteiger partial charge on any atom is -0.422 e. The molecule has 1 saturated heterocycles. The quantitative estimate of drug-likeness (QED) is 0.544. The second-order valence-electron chi connectivity index (χ2n) is 7.12. The average molecular weight is 378 g/mol. The van der Waals surface area contributed by atoms with Crippen molar-refractivity contribution in [2.24, 2.45) is 0 Å². The zero-order valence-electron chi connectivity index (χ0n) is 15.4. The summed E-state index contributed by atoms with van der Waals surface area (Å²) in [5.41, 5.74) is 2.97. The third-order valence-electron chi connectivity index (χ3n) is 5.16. The number of halogens is 1. The lowest BCUT2D eigenvalue weighted by Crippen LogP contribution is -2.43. The highest BCUT2D eigenvalue weighted by molar-refractivity contribution is 5.85. The normalized spacial score (nSPS) is 14.9. The number of rotatable bonds is 2. The molecule has 0 bridgehead atoms. The van der Waals surface area contributed by atoms with Gasteiger partial charge >= 0.3 is 5.63 Å². The number of hydrogen-bond donors (Lipinski definition) is 1. The zero-order valence-corrected chi connectivity index (χ0v) is 15.4. The third kappa shape index (κ3) is 2.84. The molecule has 6 nitrogen and oxygen atoms in total. The number of fused-ring (bicyclic) bond motifs is 2. The Kier molecular flexibility index (Phi) is 3.91. The van der Waals surface area contributed by atoms with Gasteiger partial charge in [0.1, 0.15) is 17.0 Å². The number of hydrogen-bond acceptors (Lipinski definition) is 5. The van der Waals surface area contributed by atoms with Gasteiger partial charge in [-0.15, -0.1) is 0 Å². The van der Waals surface area contributed by atoms with Gasteiger partial charge in [-0.2, -0.15) is 0 Å². The molecular formula is C21H19FN4O2. The second-order valence-corrected chi connectivity index (χ2v) is 7.12. The van der Waals surface area contributed by atoms with Crippen LogP contribution in [-0.2, 0) is 0 Å². The lowest BCUT2D eigenvalue weighted by Gasteiger charge is -2.29. The summed E-state index contributed by atoms with van der Waals surface area (Å²) in [6.07, 6.45) is 3.63. The number of nitrogens with one attached hydrogen (secondary N) is 1. The summed E-state index contributed by atoms with van der Waals surface area (Å²) in [4.78, 5) is 19.2. The summed E-state index contributed by atoms with van der Waals surface area (Å²) < 4.78 is 22.2. The molecule has 0 atom stereocenters. The van der Waals surface area contributed by atoms with E-state index in [4.69, 9.17) is 4.42 Å². The van der Waals surface area contributed by atoms with Gasteiger partial charge < -0.3 is 19.0 Å². The van der Waals surface area contributed by atoms with Gasteiger partial charge in [-0.05, 0) is 36.8 Å². The number of imidazole rings is 1. The van der Waals surface area contributed by atoms with Crippen molar-refractivity contribution in [3.05, 3.63) is 64.5 Å². The predicted octanol–water partition coefficient (Wildman–Crippen LogP) is 2.96. The number of anilines is 1. The Labute approximate surface area is 160 Å². The number of benzene rings is 1. The number of aryl methyl sites for hydroxylation is 1. The predicted molar refractivity (Wildman–Crippen MR) is 106 cm³/mol. The smallest absolute Gasteiger partial charge is 0.345 e. The standard InChI is InChI=1S/C21H19FN4O2/c1-13-2-5-26-12-18(24-20(26)8-13)16-11-15-17(22)9-14(10-19(15)28-21(16)27)25-6-3-23-4-7-25/h2,5,8-12,23H,3-4,6-7H2,1H3. The van der Waals surface area contributed by atoms with Crippen LogP contribution in [0.1, 0.15) is 5.56 Å². The molecule has 4 aromatic rings. The van der Waals surface area contributed by atoms with E-state index >= 15 is 0 Å². The van der Waals surface area contributed by atoms with Crippen LogP contribution in [0.5, 0.6) is 0 Å². The average Bonchev–Trinajstić information content (AvgIpc) is 3.11. The highest BCUT2D eigenvalue weighted by Gasteiger charge is 2.17. The largest absolute Gasteiger partial charge is 0.422 e. The second kappa shape index (κ2) is 6.45. The number of piperazine rings is 1. The fourth-order valence-corrected chi connectivity index (χ4v) is 3.66. The molecule has 5 rings (SSSR count). The molecule has 4 heterocycles. The van der Waals surface area contributed by atoms with Crippen LogP contribution < -0.4 is 15.8 Å². The van der Waals surface area contributed by atoms with Gasteiger partial charge in [0.2, 0.25) is 0 Å². The van der Waals surface area contributed by atoms with Crippen molar-refractivity contribution < 1.29 is 8.81 Å². The first-order valence-electron chi connectivity index (χ1n) is 9.27. The Morgan fingerprint density at radius 1 is 1.18 bits per heavy atom. The summed E-state index contributed by atoms with van der Waals surface area (Å²) in [5, 5.41) is 3.55. The third-order valence-corrected chi connectivity index (χ3v) is 5.16. The molecule has 1 aliphatic heterocycles. The van der Waals surface area contributed by atoms with E-state index < -0.39 is 11.4 Å². The van der Waals surface area contributed by atoms with Gasteiger partial charge in [0.15, 0.2) is 0 Å². The number of aromatic nitrogens is 2. The van der Waals surface area contributed by atoms with Crippen LogP contribution in [0.4, 0.5) is 10.1 Å². The molecule has 1 fully saturated rings. The van der Waals surface area contributed by atoms with Crippen LogP contribution in [0.2, 0.25) is 0 Å². The fourth-order valence-electron chi connectivity index (χ4n) is 3.66. The molecule has 28 heavy (non-hydrogen) atoms. The molecule has 3 aromatic heterocycles. The number of pyridine rings is 1. The summed E-state index contributed by atoms with van der Waals surface area (Å²) in [6, 6.07) is 8.66. The number of nitrogens with zero attached hydrogens (tertiary/aromatic N) is 3. The van der Waals surface area contributed by atoms with Crippen molar-refractivity contribution in [1.29, 1.82) is 0 Å². The van der Waals surface area contributed by atoms with Crippen LogP contribution in [-0.4, -0.2) is 35.6 Å². The molecule has 0 amide bonds. The van der Waals surface area contributed by atoms with Crippen LogP contribution in [0, 0.1) is 12.7 Å². The maximum absolute atomic E-state index is 14.9. The van der Waals surface area contributed by atoms with E-state index in [1.165, 1.54) is 12.1 Å². The Hall–Kier alpha value is -3.19. The first-order valence-corrected chi connectivity index (χ1v) is 9.27. The van der Waals surface area contributed by atoms with E-state index in [-0.39, 0.29) is 16.5 Å². The Morgan fingerprint density at radius 3 is 2.82 bits per heavy atom. The molecule has 1 aromatic carbocycles. The van der Waals surface area contributed by atoms with Gasteiger partial charge in [0.05, 0.1) is 16.6 Å². The summed E-state index contributed by atoms with van der Waals surface area (Å²) in [6.45, 7) is 5.23. The Balaban J connectivity index is 1.63. The van der Waals surface area contributed by atoms with Gasteiger partial charge in [0, 0.05) is 50.3 Å². The molecule has 142 valence electrons. The van der Waals surface area contributed by atoms with Gasteiger partial charge in [0.25, 0.3) is 0 Å². The van der Waals surface area contributed by atoms with Crippen LogP contribution in [0.3, 0.4) is 0 Å². The van der Waals surface area contributed by atoms with E-state index in [2.05, 4.69) is 15.2 Å². The van der Waals surface area contributed by atoms with E-state index in [0.29, 0.717) is 5.69 Å². The minimum atomic E-state index is -0.524. The lowest BCUT2D eigenvalue weighted by atomic mass is 10.1. The van der Waals surface area contributed by atoms with Crippen LogP contribution >= 0.6 is 0 Å². The summed E-state index contributed by atoms with van der Waals surface area (Å²) in [5.74, 6) is -0.407. The first kappa shape index (κ1) is 16.9. The van der Waals surface area contributed by atoms with Gasteiger partial charge in [-0.3, -0.25) is 0 Å². The highest BCUT2D eigenvalue weighted by atomic mass is 19.1. The van der Waals surface area contributed by atoms with Crippen molar-refractivity contribution in [1.82, 2.24) is 14.7 Å². The lowest BCUT2D eigenvalue weighted by molar-refractivity contribution is 0.555. The topological polar surface area (TPSA) is 62.8 Å².